The molecule has 1 aromatic carbocycles. The minimum Gasteiger partial charge on any atom is -0.444 e. The van der Waals surface area contributed by atoms with Gasteiger partial charge in [-0.2, -0.15) is 13.2 Å². The molecule has 1 saturated heterocycles. The molecule has 2 aliphatic rings. The lowest BCUT2D eigenvalue weighted by molar-refractivity contribution is -0.137. The minimum absolute atomic E-state index is 0.189. The monoisotopic (exact) mass is 518 g/mol. The summed E-state index contributed by atoms with van der Waals surface area (Å²) in [6, 6.07) is 7.03. The number of alkyl halides is 3. The first-order chi connectivity index (χ1) is 17.4. The highest BCUT2D eigenvalue weighted by molar-refractivity contribution is 5.94. The molecule has 2 aliphatic heterocycles. The summed E-state index contributed by atoms with van der Waals surface area (Å²) in [6.07, 6.45) is -1.49. The molecule has 10 heteroatoms. The van der Waals surface area contributed by atoms with Crippen molar-refractivity contribution in [2.45, 2.75) is 65.0 Å². The van der Waals surface area contributed by atoms with Crippen LogP contribution in [0.15, 0.2) is 36.5 Å². The van der Waals surface area contributed by atoms with E-state index in [1.54, 1.807) is 11.1 Å². The number of hydrogen-bond donors (Lipinski definition) is 1. The number of piperidine rings is 1. The van der Waals surface area contributed by atoms with E-state index >= 15 is 0 Å². The summed E-state index contributed by atoms with van der Waals surface area (Å²) in [5.41, 5.74) is 1.92. The van der Waals surface area contributed by atoms with Gasteiger partial charge in [-0.25, -0.2) is 4.79 Å². The Morgan fingerprint density at radius 1 is 1.08 bits per heavy atom. The van der Waals surface area contributed by atoms with Crippen LogP contribution < -0.4 is 5.32 Å². The van der Waals surface area contributed by atoms with Gasteiger partial charge in [-0.15, -0.1) is 0 Å². The average Bonchev–Trinajstić information content (AvgIpc) is 3.23. The Bertz CT molecular complexity index is 1120. The number of hydrogen-bond acceptors (Lipinski definition) is 5. The van der Waals surface area contributed by atoms with Crippen LogP contribution >= 0.6 is 0 Å². The van der Waals surface area contributed by atoms with Gasteiger partial charge in [0.2, 0.25) is 0 Å². The summed E-state index contributed by atoms with van der Waals surface area (Å²) in [4.78, 5) is 33.2. The second kappa shape index (κ2) is 10.7. The lowest BCUT2D eigenvalue weighted by Gasteiger charge is -2.33. The predicted octanol–water partition coefficient (Wildman–Crippen LogP) is 4.99. The molecular weight excluding hydrogens is 485 g/mol. The van der Waals surface area contributed by atoms with Gasteiger partial charge in [-0.1, -0.05) is 12.1 Å². The number of carbonyl (C=O) groups excluding carboxylic acids is 2. The molecule has 1 fully saturated rings. The molecule has 37 heavy (non-hydrogen) atoms. The zero-order chi connectivity index (χ0) is 26.8. The first-order valence-corrected chi connectivity index (χ1v) is 12.5. The Balaban J connectivity index is 1.24. The van der Waals surface area contributed by atoms with Crippen LogP contribution in [0.4, 0.5) is 18.0 Å². The SMILES string of the molecule is CC(C)(C)OC(=O)N1CCC(CNC(=O)c2cnc3c(c2)CN(Cc2ccc(C(F)(F)F)cc2)C3)CC1. The Kier molecular flexibility index (Phi) is 7.77. The largest absolute Gasteiger partial charge is 0.444 e. The lowest BCUT2D eigenvalue weighted by atomic mass is 9.97. The fraction of sp³-hybridized carbons (Fsp3) is 0.519. The molecule has 0 saturated carbocycles. The van der Waals surface area contributed by atoms with Crippen molar-refractivity contribution in [3.8, 4) is 0 Å². The second-order valence-electron chi connectivity index (χ2n) is 10.8. The van der Waals surface area contributed by atoms with Gasteiger partial charge in [-0.05, 0) is 68.9 Å². The number of carbonyl (C=O) groups is 2. The number of nitrogens with zero attached hydrogens (tertiary/aromatic N) is 3. The molecular formula is C27H33F3N4O3. The quantitative estimate of drug-likeness (QED) is 0.604. The van der Waals surface area contributed by atoms with Gasteiger partial charge in [0.25, 0.3) is 5.91 Å². The first-order valence-electron chi connectivity index (χ1n) is 12.5. The Labute approximate surface area is 215 Å². The van der Waals surface area contributed by atoms with E-state index in [9.17, 15) is 22.8 Å². The van der Waals surface area contributed by atoms with E-state index in [4.69, 9.17) is 4.74 Å². The van der Waals surface area contributed by atoms with Crippen molar-refractivity contribution in [3.63, 3.8) is 0 Å². The van der Waals surface area contributed by atoms with E-state index in [1.807, 2.05) is 26.8 Å². The minimum atomic E-state index is -4.35. The summed E-state index contributed by atoms with van der Waals surface area (Å²) in [5, 5.41) is 2.99. The molecule has 0 atom stereocenters. The summed E-state index contributed by atoms with van der Waals surface area (Å²) < 4.78 is 43.8. The molecule has 0 radical (unpaired) electrons. The average molecular weight is 519 g/mol. The number of pyridine rings is 1. The lowest BCUT2D eigenvalue weighted by Crippen LogP contribution is -2.43. The molecule has 0 aliphatic carbocycles. The second-order valence-corrected chi connectivity index (χ2v) is 10.8. The molecule has 2 amide bonds. The van der Waals surface area contributed by atoms with Crippen LogP contribution in [0.5, 0.6) is 0 Å². The van der Waals surface area contributed by atoms with Crippen LogP contribution in [0, 0.1) is 5.92 Å². The van der Waals surface area contributed by atoms with Gasteiger partial charge in [0.15, 0.2) is 0 Å². The smallest absolute Gasteiger partial charge is 0.416 e. The van der Waals surface area contributed by atoms with E-state index in [1.165, 1.54) is 12.1 Å². The molecule has 3 heterocycles. The number of aromatic nitrogens is 1. The van der Waals surface area contributed by atoms with Gasteiger partial charge in [-0.3, -0.25) is 14.7 Å². The molecule has 200 valence electrons. The Hall–Kier alpha value is -3.14. The number of benzene rings is 1. The van der Waals surface area contributed by atoms with Gasteiger partial charge < -0.3 is 15.0 Å². The van der Waals surface area contributed by atoms with Crippen molar-refractivity contribution in [2.75, 3.05) is 19.6 Å². The zero-order valence-corrected chi connectivity index (χ0v) is 21.4. The molecule has 0 bridgehead atoms. The topological polar surface area (TPSA) is 74.8 Å². The van der Waals surface area contributed by atoms with Crippen LogP contribution in [0.1, 0.15) is 66.4 Å². The third-order valence-corrected chi connectivity index (χ3v) is 6.59. The van der Waals surface area contributed by atoms with E-state index in [0.717, 1.165) is 41.8 Å². The van der Waals surface area contributed by atoms with Gasteiger partial charge in [0, 0.05) is 45.5 Å². The van der Waals surface area contributed by atoms with Crippen molar-refractivity contribution >= 4 is 12.0 Å². The number of amides is 2. The summed E-state index contributed by atoms with van der Waals surface area (Å²) in [5.74, 6) is 0.0929. The summed E-state index contributed by atoms with van der Waals surface area (Å²) >= 11 is 0. The van der Waals surface area contributed by atoms with Gasteiger partial charge in [0.05, 0.1) is 16.8 Å². The first kappa shape index (κ1) is 26.9. The van der Waals surface area contributed by atoms with Crippen LogP contribution in [-0.2, 0) is 30.5 Å². The highest BCUT2D eigenvalue weighted by Crippen LogP contribution is 2.30. The Morgan fingerprint density at radius 3 is 2.38 bits per heavy atom. The van der Waals surface area contributed by atoms with Crippen molar-refractivity contribution in [1.82, 2.24) is 20.1 Å². The molecule has 2 aromatic rings. The van der Waals surface area contributed by atoms with Crippen LogP contribution in [0.2, 0.25) is 0 Å². The molecule has 1 aromatic heterocycles. The van der Waals surface area contributed by atoms with Gasteiger partial charge in [0.1, 0.15) is 5.60 Å². The fourth-order valence-corrected chi connectivity index (χ4v) is 4.61. The Morgan fingerprint density at radius 2 is 1.76 bits per heavy atom. The van der Waals surface area contributed by atoms with Crippen LogP contribution in [-0.4, -0.2) is 52.0 Å². The van der Waals surface area contributed by atoms with Crippen molar-refractivity contribution in [3.05, 3.63) is 64.5 Å². The maximum atomic E-state index is 12.8. The normalized spacial score (nSPS) is 17.0. The standard InChI is InChI=1S/C27H33F3N4O3/c1-26(2,3)37-25(36)34-10-8-18(9-11-34)13-32-24(35)20-12-21-16-33(17-23(21)31-14-20)15-19-4-6-22(7-5-19)27(28,29)30/h4-7,12,14,18H,8-11,13,15-17H2,1-3H3,(H,32,35). The third kappa shape index (κ3) is 7.21. The van der Waals surface area contributed by atoms with E-state index in [-0.39, 0.29) is 17.9 Å². The number of nitrogens with one attached hydrogen (secondary N) is 1. The van der Waals surface area contributed by atoms with Crippen LogP contribution in [0.25, 0.3) is 0 Å². The van der Waals surface area contributed by atoms with Crippen molar-refractivity contribution < 1.29 is 27.5 Å². The molecule has 0 spiro atoms. The van der Waals surface area contributed by atoms with Crippen LogP contribution in [0.3, 0.4) is 0 Å². The molecule has 1 N–H and O–H groups in total. The van der Waals surface area contributed by atoms with Crippen molar-refractivity contribution in [2.24, 2.45) is 5.92 Å². The highest BCUT2D eigenvalue weighted by Gasteiger charge is 2.30. The number of rotatable bonds is 5. The van der Waals surface area contributed by atoms with E-state index in [2.05, 4.69) is 15.2 Å². The number of likely N-dealkylation sites (tertiary alicyclic amines) is 1. The summed E-state index contributed by atoms with van der Waals surface area (Å²) in [6.45, 7) is 8.92. The van der Waals surface area contributed by atoms with E-state index < -0.39 is 17.3 Å². The molecule has 7 nitrogen and oxygen atoms in total. The maximum Gasteiger partial charge on any atom is 0.416 e. The number of halogens is 3. The number of fused-ring (bicyclic) bond motifs is 1. The highest BCUT2D eigenvalue weighted by atomic mass is 19.4. The van der Waals surface area contributed by atoms with E-state index in [0.29, 0.717) is 44.8 Å². The van der Waals surface area contributed by atoms with Gasteiger partial charge >= 0.3 is 12.3 Å². The predicted molar refractivity (Wildman–Crippen MR) is 131 cm³/mol. The number of ether oxygens (including phenoxy) is 1. The summed E-state index contributed by atoms with van der Waals surface area (Å²) in [7, 11) is 0. The molecule has 0 unspecified atom stereocenters. The van der Waals surface area contributed by atoms with Crippen molar-refractivity contribution in [1.29, 1.82) is 0 Å². The fourth-order valence-electron chi connectivity index (χ4n) is 4.61. The third-order valence-electron chi connectivity index (χ3n) is 6.59. The zero-order valence-electron chi connectivity index (χ0n) is 21.4. The maximum absolute atomic E-state index is 12.8. The molecule has 4 rings (SSSR count).